The van der Waals surface area contributed by atoms with E-state index < -0.39 is 0 Å². The molecule has 0 saturated carbocycles. The molecule has 1 heterocycles. The predicted octanol–water partition coefficient (Wildman–Crippen LogP) is 2.46. The standard InChI is InChI=1S/C11H15N/c1-2-10-6-3-4-7-11(10)12-8-5-9-12/h3-4,6-7H,2,5,8-9H2,1H3. The first kappa shape index (κ1) is 7.66. The number of para-hydroxylation sites is 1. The largest absolute Gasteiger partial charge is 0.371 e. The summed E-state index contributed by atoms with van der Waals surface area (Å²) in [6, 6.07) is 8.72. The first-order chi connectivity index (χ1) is 5.92. The minimum absolute atomic E-state index is 1.15. The number of anilines is 1. The summed E-state index contributed by atoms with van der Waals surface area (Å²) in [7, 11) is 0. The molecule has 0 radical (unpaired) electrons. The summed E-state index contributed by atoms with van der Waals surface area (Å²) in [6.45, 7) is 4.71. The minimum Gasteiger partial charge on any atom is -0.371 e. The van der Waals surface area contributed by atoms with Gasteiger partial charge in [0.1, 0.15) is 0 Å². The average molecular weight is 161 g/mol. The van der Waals surface area contributed by atoms with Gasteiger partial charge in [-0.1, -0.05) is 25.1 Å². The summed E-state index contributed by atoms with van der Waals surface area (Å²) in [5, 5.41) is 0. The van der Waals surface area contributed by atoms with E-state index >= 15 is 0 Å². The number of nitrogens with zero attached hydrogens (tertiary/aromatic N) is 1. The van der Waals surface area contributed by atoms with Crippen LogP contribution in [0.5, 0.6) is 0 Å². The van der Waals surface area contributed by atoms with Crippen LogP contribution in [0.4, 0.5) is 5.69 Å². The van der Waals surface area contributed by atoms with E-state index in [1.54, 1.807) is 0 Å². The zero-order chi connectivity index (χ0) is 8.39. The molecule has 0 N–H and O–H groups in total. The Balaban J connectivity index is 2.27. The van der Waals surface area contributed by atoms with Crippen molar-refractivity contribution in [2.24, 2.45) is 0 Å². The van der Waals surface area contributed by atoms with E-state index in [1.807, 2.05) is 0 Å². The summed E-state index contributed by atoms with van der Waals surface area (Å²) >= 11 is 0. The Morgan fingerprint density at radius 1 is 1.25 bits per heavy atom. The molecule has 0 aromatic heterocycles. The Morgan fingerprint density at radius 2 is 2.00 bits per heavy atom. The summed E-state index contributed by atoms with van der Waals surface area (Å²) < 4.78 is 0. The second-order valence-electron chi connectivity index (χ2n) is 3.32. The van der Waals surface area contributed by atoms with E-state index in [0.29, 0.717) is 0 Å². The highest BCUT2D eigenvalue weighted by Gasteiger charge is 2.15. The number of hydrogen-bond acceptors (Lipinski definition) is 1. The summed E-state index contributed by atoms with van der Waals surface area (Å²) in [4.78, 5) is 2.46. The third-order valence-corrected chi connectivity index (χ3v) is 2.57. The zero-order valence-electron chi connectivity index (χ0n) is 7.59. The van der Waals surface area contributed by atoms with Crippen molar-refractivity contribution in [3.63, 3.8) is 0 Å². The molecule has 0 bridgehead atoms. The van der Waals surface area contributed by atoms with E-state index in [2.05, 4.69) is 36.1 Å². The highest BCUT2D eigenvalue weighted by Crippen LogP contribution is 2.24. The van der Waals surface area contributed by atoms with Crippen LogP contribution in [0.15, 0.2) is 24.3 Å². The van der Waals surface area contributed by atoms with Gasteiger partial charge in [-0.2, -0.15) is 0 Å². The number of benzene rings is 1. The lowest BCUT2D eigenvalue weighted by molar-refractivity contribution is 0.615. The van der Waals surface area contributed by atoms with Crippen molar-refractivity contribution in [1.82, 2.24) is 0 Å². The van der Waals surface area contributed by atoms with E-state index in [1.165, 1.54) is 30.8 Å². The Morgan fingerprint density at radius 3 is 2.58 bits per heavy atom. The topological polar surface area (TPSA) is 3.24 Å². The van der Waals surface area contributed by atoms with Crippen molar-refractivity contribution in [2.75, 3.05) is 18.0 Å². The fourth-order valence-electron chi connectivity index (χ4n) is 1.68. The zero-order valence-corrected chi connectivity index (χ0v) is 7.59. The molecule has 1 aromatic rings. The third-order valence-electron chi connectivity index (χ3n) is 2.57. The summed E-state index contributed by atoms with van der Waals surface area (Å²) in [5.74, 6) is 0. The molecular weight excluding hydrogens is 146 g/mol. The molecule has 64 valence electrons. The molecule has 12 heavy (non-hydrogen) atoms. The molecule has 0 spiro atoms. The lowest BCUT2D eigenvalue weighted by Crippen LogP contribution is -2.37. The Hall–Kier alpha value is -0.980. The van der Waals surface area contributed by atoms with Crippen molar-refractivity contribution in [3.8, 4) is 0 Å². The lowest BCUT2D eigenvalue weighted by atomic mass is 10.1. The normalized spacial score (nSPS) is 15.9. The monoisotopic (exact) mass is 161 g/mol. The number of rotatable bonds is 2. The maximum atomic E-state index is 2.46. The van der Waals surface area contributed by atoms with Crippen LogP contribution >= 0.6 is 0 Å². The summed E-state index contributed by atoms with van der Waals surface area (Å²) in [6.07, 6.45) is 2.50. The van der Waals surface area contributed by atoms with Gasteiger partial charge in [-0.3, -0.25) is 0 Å². The Kier molecular flexibility index (Phi) is 2.03. The molecule has 1 nitrogen and oxygen atoms in total. The maximum Gasteiger partial charge on any atom is 0.0398 e. The lowest BCUT2D eigenvalue weighted by Gasteiger charge is -2.34. The number of hydrogen-bond donors (Lipinski definition) is 0. The van der Waals surface area contributed by atoms with Crippen LogP contribution in [0, 0.1) is 0 Å². The molecule has 1 aliphatic rings. The van der Waals surface area contributed by atoms with Crippen LogP contribution in [0.3, 0.4) is 0 Å². The minimum atomic E-state index is 1.15. The molecule has 0 unspecified atom stereocenters. The fraction of sp³-hybridized carbons (Fsp3) is 0.455. The molecule has 1 fully saturated rings. The quantitative estimate of drug-likeness (QED) is 0.644. The average Bonchev–Trinajstić information content (AvgIpc) is 2.02. The van der Waals surface area contributed by atoms with Crippen LogP contribution in [0.2, 0.25) is 0 Å². The molecule has 1 saturated heterocycles. The smallest absolute Gasteiger partial charge is 0.0398 e. The molecule has 1 aliphatic heterocycles. The molecule has 1 heteroatoms. The van der Waals surface area contributed by atoms with E-state index in [4.69, 9.17) is 0 Å². The molecule has 0 amide bonds. The first-order valence-electron chi connectivity index (χ1n) is 4.74. The van der Waals surface area contributed by atoms with Gasteiger partial charge in [-0.15, -0.1) is 0 Å². The number of aryl methyl sites for hydroxylation is 1. The van der Waals surface area contributed by atoms with Crippen LogP contribution in [0.1, 0.15) is 18.9 Å². The van der Waals surface area contributed by atoms with Gasteiger partial charge in [0.05, 0.1) is 0 Å². The van der Waals surface area contributed by atoms with Crippen LogP contribution in [-0.2, 0) is 6.42 Å². The second kappa shape index (κ2) is 3.18. The van der Waals surface area contributed by atoms with Gasteiger partial charge < -0.3 is 4.90 Å². The van der Waals surface area contributed by atoms with Crippen LogP contribution in [0.25, 0.3) is 0 Å². The maximum absolute atomic E-state index is 2.46. The van der Waals surface area contributed by atoms with Crippen LogP contribution < -0.4 is 4.90 Å². The predicted molar refractivity (Wildman–Crippen MR) is 52.7 cm³/mol. The van der Waals surface area contributed by atoms with Crippen molar-refractivity contribution >= 4 is 5.69 Å². The van der Waals surface area contributed by atoms with Crippen molar-refractivity contribution in [1.29, 1.82) is 0 Å². The first-order valence-corrected chi connectivity index (χ1v) is 4.74. The van der Waals surface area contributed by atoms with E-state index in [9.17, 15) is 0 Å². The van der Waals surface area contributed by atoms with E-state index in [0.717, 1.165) is 6.42 Å². The highest BCUT2D eigenvalue weighted by atomic mass is 15.2. The van der Waals surface area contributed by atoms with Gasteiger partial charge in [0.2, 0.25) is 0 Å². The van der Waals surface area contributed by atoms with Gasteiger partial charge in [0.15, 0.2) is 0 Å². The van der Waals surface area contributed by atoms with Crippen molar-refractivity contribution < 1.29 is 0 Å². The Bertz CT molecular complexity index is 263. The molecule has 1 aromatic carbocycles. The molecule has 2 rings (SSSR count). The summed E-state index contributed by atoms with van der Waals surface area (Å²) in [5.41, 5.74) is 2.93. The van der Waals surface area contributed by atoms with Gasteiger partial charge in [-0.25, -0.2) is 0 Å². The van der Waals surface area contributed by atoms with Gasteiger partial charge >= 0.3 is 0 Å². The van der Waals surface area contributed by atoms with Gasteiger partial charge in [-0.05, 0) is 24.5 Å². The molecular formula is C11H15N. The highest BCUT2D eigenvalue weighted by molar-refractivity contribution is 5.55. The van der Waals surface area contributed by atoms with Crippen LogP contribution in [-0.4, -0.2) is 13.1 Å². The van der Waals surface area contributed by atoms with E-state index in [-0.39, 0.29) is 0 Å². The van der Waals surface area contributed by atoms with Gasteiger partial charge in [0.25, 0.3) is 0 Å². The third kappa shape index (κ3) is 1.20. The van der Waals surface area contributed by atoms with Crippen molar-refractivity contribution in [3.05, 3.63) is 29.8 Å². The Labute approximate surface area is 74.0 Å². The molecule has 0 atom stereocenters. The molecule has 0 aliphatic carbocycles. The fourth-order valence-corrected chi connectivity index (χ4v) is 1.68. The SMILES string of the molecule is CCc1ccccc1N1CCC1. The second-order valence-corrected chi connectivity index (χ2v) is 3.32. The van der Waals surface area contributed by atoms with Gasteiger partial charge in [0, 0.05) is 18.8 Å². The van der Waals surface area contributed by atoms with Crippen molar-refractivity contribution in [2.45, 2.75) is 19.8 Å².